The van der Waals surface area contributed by atoms with Crippen LogP contribution in [0.1, 0.15) is 5.56 Å². The first-order chi connectivity index (χ1) is 6.77. The standard InChI is InChI=1S/C9H7BrClN3/c10-8-4-2-1-3-7(8)5-14-6-12-13-9(14)11/h1-4,6H,5H2. The molecule has 0 spiro atoms. The summed E-state index contributed by atoms with van der Waals surface area (Å²) in [7, 11) is 0. The molecule has 0 aliphatic heterocycles. The molecule has 0 fully saturated rings. The zero-order valence-corrected chi connectivity index (χ0v) is 9.53. The Morgan fingerprint density at radius 3 is 2.79 bits per heavy atom. The maximum atomic E-state index is 5.82. The van der Waals surface area contributed by atoms with Gasteiger partial charge in [0.25, 0.3) is 0 Å². The van der Waals surface area contributed by atoms with E-state index in [1.807, 2.05) is 24.3 Å². The number of hydrogen-bond acceptors (Lipinski definition) is 2. The number of nitrogens with zero attached hydrogens (tertiary/aromatic N) is 3. The SMILES string of the molecule is Clc1nncn1Cc1ccccc1Br. The van der Waals surface area contributed by atoms with Gasteiger partial charge in [-0.1, -0.05) is 34.1 Å². The van der Waals surface area contributed by atoms with Crippen LogP contribution in [0.5, 0.6) is 0 Å². The van der Waals surface area contributed by atoms with E-state index in [2.05, 4.69) is 26.1 Å². The third kappa shape index (κ3) is 1.96. The Balaban J connectivity index is 2.28. The Kier molecular flexibility index (Phi) is 2.84. The van der Waals surface area contributed by atoms with Crippen LogP contribution < -0.4 is 0 Å². The molecular formula is C9H7BrClN3. The molecule has 0 N–H and O–H groups in total. The molecule has 3 nitrogen and oxygen atoms in total. The van der Waals surface area contributed by atoms with Crippen molar-refractivity contribution in [2.24, 2.45) is 0 Å². The molecule has 2 rings (SSSR count). The number of halogens is 2. The minimum absolute atomic E-state index is 0.403. The summed E-state index contributed by atoms with van der Waals surface area (Å²) in [6.07, 6.45) is 1.61. The highest BCUT2D eigenvalue weighted by Gasteiger charge is 2.03. The van der Waals surface area contributed by atoms with Crippen LogP contribution in [0, 0.1) is 0 Å². The van der Waals surface area contributed by atoms with Crippen molar-refractivity contribution < 1.29 is 0 Å². The summed E-state index contributed by atoms with van der Waals surface area (Å²) in [5, 5.41) is 7.82. The van der Waals surface area contributed by atoms with Crippen molar-refractivity contribution in [3.63, 3.8) is 0 Å². The summed E-state index contributed by atoms with van der Waals surface area (Å²) in [6.45, 7) is 0.674. The maximum absolute atomic E-state index is 5.82. The van der Waals surface area contributed by atoms with Gasteiger partial charge in [0.2, 0.25) is 5.28 Å². The predicted molar refractivity (Wildman–Crippen MR) is 58.3 cm³/mol. The van der Waals surface area contributed by atoms with E-state index >= 15 is 0 Å². The molecule has 1 heterocycles. The van der Waals surface area contributed by atoms with E-state index in [-0.39, 0.29) is 0 Å². The first-order valence-electron chi connectivity index (χ1n) is 4.04. The van der Waals surface area contributed by atoms with E-state index in [1.165, 1.54) is 0 Å². The van der Waals surface area contributed by atoms with Crippen LogP contribution in [0.2, 0.25) is 5.28 Å². The Hall–Kier alpha value is -0.870. The smallest absolute Gasteiger partial charge is 0.225 e. The van der Waals surface area contributed by atoms with Gasteiger partial charge in [-0.15, -0.1) is 10.2 Å². The number of benzene rings is 1. The minimum Gasteiger partial charge on any atom is -0.300 e. The Morgan fingerprint density at radius 2 is 2.14 bits per heavy atom. The number of aromatic nitrogens is 3. The largest absolute Gasteiger partial charge is 0.300 e. The number of hydrogen-bond donors (Lipinski definition) is 0. The van der Waals surface area contributed by atoms with Gasteiger partial charge in [-0.25, -0.2) is 0 Å². The Morgan fingerprint density at radius 1 is 1.36 bits per heavy atom. The predicted octanol–water partition coefficient (Wildman–Crippen LogP) is 2.74. The molecule has 0 amide bonds. The average molecular weight is 273 g/mol. The summed E-state index contributed by atoms with van der Waals surface area (Å²) < 4.78 is 2.84. The summed E-state index contributed by atoms with van der Waals surface area (Å²) in [4.78, 5) is 0. The van der Waals surface area contributed by atoms with Crippen LogP contribution in [0.25, 0.3) is 0 Å². The molecule has 0 aliphatic carbocycles. The quantitative estimate of drug-likeness (QED) is 0.841. The normalized spacial score (nSPS) is 10.4. The third-order valence-electron chi connectivity index (χ3n) is 1.87. The van der Waals surface area contributed by atoms with E-state index in [0.717, 1.165) is 10.0 Å². The van der Waals surface area contributed by atoms with Crippen LogP contribution in [-0.4, -0.2) is 14.8 Å². The van der Waals surface area contributed by atoms with Crippen molar-refractivity contribution in [2.45, 2.75) is 6.54 Å². The van der Waals surface area contributed by atoms with Crippen LogP contribution in [0.3, 0.4) is 0 Å². The Bertz CT molecular complexity index is 441. The Labute approximate surface area is 94.9 Å². The summed E-state index contributed by atoms with van der Waals surface area (Å²) >= 11 is 9.29. The van der Waals surface area contributed by atoms with Gasteiger partial charge in [-0.05, 0) is 23.2 Å². The summed E-state index contributed by atoms with van der Waals surface area (Å²) in [5.41, 5.74) is 1.15. The number of rotatable bonds is 2. The van der Waals surface area contributed by atoms with Gasteiger partial charge in [0.05, 0.1) is 6.54 Å². The van der Waals surface area contributed by atoms with Gasteiger partial charge in [0.1, 0.15) is 6.33 Å². The van der Waals surface area contributed by atoms with Gasteiger partial charge in [0.15, 0.2) is 0 Å². The molecule has 0 saturated heterocycles. The second-order valence-electron chi connectivity index (χ2n) is 2.82. The van der Waals surface area contributed by atoms with Gasteiger partial charge in [-0.2, -0.15) is 0 Å². The zero-order chi connectivity index (χ0) is 9.97. The maximum Gasteiger partial charge on any atom is 0.225 e. The minimum atomic E-state index is 0.403. The highest BCUT2D eigenvalue weighted by molar-refractivity contribution is 9.10. The van der Waals surface area contributed by atoms with E-state index < -0.39 is 0 Å². The van der Waals surface area contributed by atoms with Gasteiger partial charge < -0.3 is 0 Å². The van der Waals surface area contributed by atoms with Crippen molar-refractivity contribution in [1.29, 1.82) is 0 Å². The molecule has 0 saturated carbocycles. The first kappa shape index (κ1) is 9.68. The fourth-order valence-electron chi connectivity index (χ4n) is 1.16. The van der Waals surface area contributed by atoms with Crippen molar-refractivity contribution >= 4 is 27.5 Å². The molecule has 0 radical (unpaired) electrons. The lowest BCUT2D eigenvalue weighted by atomic mass is 10.2. The van der Waals surface area contributed by atoms with Gasteiger partial charge in [0, 0.05) is 4.47 Å². The first-order valence-corrected chi connectivity index (χ1v) is 5.21. The van der Waals surface area contributed by atoms with E-state index in [1.54, 1.807) is 10.9 Å². The van der Waals surface area contributed by atoms with Crippen molar-refractivity contribution in [3.8, 4) is 0 Å². The van der Waals surface area contributed by atoms with E-state index in [9.17, 15) is 0 Å². The van der Waals surface area contributed by atoms with Crippen LogP contribution in [0.15, 0.2) is 35.1 Å². The monoisotopic (exact) mass is 271 g/mol. The van der Waals surface area contributed by atoms with Crippen molar-refractivity contribution in [1.82, 2.24) is 14.8 Å². The molecule has 5 heteroatoms. The zero-order valence-electron chi connectivity index (χ0n) is 7.19. The molecule has 0 aliphatic rings. The van der Waals surface area contributed by atoms with E-state index in [0.29, 0.717) is 11.8 Å². The second kappa shape index (κ2) is 4.11. The lowest BCUT2D eigenvalue weighted by molar-refractivity contribution is 0.792. The van der Waals surface area contributed by atoms with Gasteiger partial charge in [-0.3, -0.25) is 4.57 Å². The van der Waals surface area contributed by atoms with E-state index in [4.69, 9.17) is 11.6 Å². The lowest BCUT2D eigenvalue weighted by Gasteiger charge is -2.04. The van der Waals surface area contributed by atoms with Crippen molar-refractivity contribution in [3.05, 3.63) is 45.9 Å². The highest BCUT2D eigenvalue weighted by atomic mass is 79.9. The van der Waals surface area contributed by atoms with Crippen LogP contribution in [-0.2, 0) is 6.54 Å². The lowest BCUT2D eigenvalue weighted by Crippen LogP contribution is -1.98. The van der Waals surface area contributed by atoms with Gasteiger partial charge >= 0.3 is 0 Å². The summed E-state index contributed by atoms with van der Waals surface area (Å²) in [6, 6.07) is 7.98. The van der Waals surface area contributed by atoms with Crippen molar-refractivity contribution in [2.75, 3.05) is 0 Å². The highest BCUT2D eigenvalue weighted by Crippen LogP contribution is 2.18. The molecule has 14 heavy (non-hydrogen) atoms. The fraction of sp³-hybridized carbons (Fsp3) is 0.111. The molecule has 0 atom stereocenters. The molecule has 0 bridgehead atoms. The molecule has 0 unspecified atom stereocenters. The van der Waals surface area contributed by atoms with Crippen LogP contribution >= 0.6 is 27.5 Å². The molecule has 72 valence electrons. The topological polar surface area (TPSA) is 30.7 Å². The molecule has 2 aromatic rings. The third-order valence-corrected chi connectivity index (χ3v) is 2.93. The second-order valence-corrected chi connectivity index (χ2v) is 4.01. The summed E-state index contributed by atoms with van der Waals surface area (Å²) in [5.74, 6) is 0. The van der Waals surface area contributed by atoms with Crippen LogP contribution in [0.4, 0.5) is 0 Å². The average Bonchev–Trinajstić information content (AvgIpc) is 2.56. The molecule has 1 aromatic heterocycles. The molecule has 1 aromatic carbocycles. The fourth-order valence-corrected chi connectivity index (χ4v) is 1.71. The molecular weight excluding hydrogens is 265 g/mol.